The summed E-state index contributed by atoms with van der Waals surface area (Å²) in [6.45, 7) is 2.31. The van der Waals surface area contributed by atoms with Crippen LogP contribution in [0.15, 0.2) is 78.6 Å². The average molecular weight is 454 g/mol. The van der Waals surface area contributed by atoms with Crippen LogP contribution in [0.3, 0.4) is 0 Å². The molecule has 34 heavy (non-hydrogen) atoms. The van der Waals surface area contributed by atoms with Crippen molar-refractivity contribution < 1.29 is 14.6 Å². The second-order valence-corrected chi connectivity index (χ2v) is 7.79. The van der Waals surface area contributed by atoms with Crippen molar-refractivity contribution in [2.75, 3.05) is 37.8 Å². The van der Waals surface area contributed by atoms with E-state index in [1.165, 1.54) is 0 Å². The van der Waals surface area contributed by atoms with Gasteiger partial charge in [0.15, 0.2) is 11.6 Å². The predicted octanol–water partition coefficient (Wildman–Crippen LogP) is 4.13. The van der Waals surface area contributed by atoms with Gasteiger partial charge in [0.2, 0.25) is 5.95 Å². The Morgan fingerprint density at radius 3 is 2.50 bits per heavy atom. The Kier molecular flexibility index (Phi) is 6.10. The number of fused-ring (bicyclic) bond motifs is 1. The number of aromatic nitrogens is 3. The van der Waals surface area contributed by atoms with Crippen LogP contribution >= 0.6 is 0 Å². The molecular formula is C26H23N5O3. The van der Waals surface area contributed by atoms with E-state index in [0.717, 1.165) is 16.5 Å². The van der Waals surface area contributed by atoms with E-state index in [4.69, 9.17) is 9.47 Å². The minimum Gasteiger partial charge on any atom is -0.507 e. The first kappa shape index (κ1) is 21.5. The molecule has 0 atom stereocenters. The number of morpholine rings is 1. The van der Waals surface area contributed by atoms with Crippen LogP contribution < -0.4 is 9.64 Å². The zero-order valence-electron chi connectivity index (χ0n) is 18.5. The molecule has 0 radical (unpaired) electrons. The summed E-state index contributed by atoms with van der Waals surface area (Å²) in [7, 11) is 0. The number of allylic oxidation sites excluding steroid dienone is 1. The van der Waals surface area contributed by atoms with Gasteiger partial charge in [-0.05, 0) is 23.6 Å². The van der Waals surface area contributed by atoms with Gasteiger partial charge in [0.25, 0.3) is 0 Å². The van der Waals surface area contributed by atoms with Crippen LogP contribution in [0.2, 0.25) is 0 Å². The number of anilines is 1. The van der Waals surface area contributed by atoms with Gasteiger partial charge in [-0.15, -0.1) is 10.2 Å². The summed E-state index contributed by atoms with van der Waals surface area (Å²) in [4.78, 5) is 2.06. The van der Waals surface area contributed by atoms with Gasteiger partial charge < -0.3 is 19.5 Å². The highest BCUT2D eigenvalue weighted by Gasteiger charge is 2.25. The molecular weight excluding hydrogens is 430 g/mol. The van der Waals surface area contributed by atoms with E-state index < -0.39 is 0 Å². The minimum absolute atomic E-state index is 0.0103. The topological polar surface area (TPSA) is 96.4 Å². The lowest BCUT2D eigenvalue weighted by Crippen LogP contribution is -2.38. The van der Waals surface area contributed by atoms with Crippen molar-refractivity contribution in [3.05, 3.63) is 84.4 Å². The maximum Gasteiger partial charge on any atom is 0.232 e. The molecule has 8 heteroatoms. The Labute approximate surface area is 196 Å². The molecule has 170 valence electrons. The molecule has 8 nitrogen and oxygen atoms in total. The van der Waals surface area contributed by atoms with Gasteiger partial charge in [-0.25, -0.2) is 0 Å². The van der Waals surface area contributed by atoms with Crippen molar-refractivity contribution in [1.29, 1.82) is 5.26 Å². The first-order chi connectivity index (χ1) is 16.8. The van der Waals surface area contributed by atoms with Crippen molar-refractivity contribution in [3.63, 3.8) is 0 Å². The van der Waals surface area contributed by atoms with Crippen molar-refractivity contribution in [3.8, 4) is 17.5 Å². The average Bonchev–Trinajstić information content (AvgIpc) is 3.33. The number of para-hydroxylation sites is 1. The highest BCUT2D eigenvalue weighted by atomic mass is 16.5. The molecule has 1 aromatic heterocycles. The molecule has 0 saturated carbocycles. The standard InChI is InChI=1S/C26H23N5O3/c27-17-22(23(32)18-34-24-12-6-8-19-7-4-5-11-21(19)24)25-28-29-26(30-13-15-33-16-14-30)31(25)20-9-2-1-3-10-20/h1-12,32H,13-16,18H2. The highest BCUT2D eigenvalue weighted by Crippen LogP contribution is 2.28. The van der Waals surface area contributed by atoms with Gasteiger partial charge in [0.1, 0.15) is 24.0 Å². The number of nitrogens with zero attached hydrogens (tertiary/aromatic N) is 5. The Balaban J connectivity index is 1.52. The molecule has 0 unspecified atom stereocenters. The smallest absolute Gasteiger partial charge is 0.232 e. The third kappa shape index (κ3) is 4.17. The number of aliphatic hydroxyl groups excluding tert-OH is 1. The zero-order chi connectivity index (χ0) is 23.3. The van der Waals surface area contributed by atoms with Gasteiger partial charge in [0, 0.05) is 18.5 Å². The maximum atomic E-state index is 10.9. The second kappa shape index (κ2) is 9.65. The van der Waals surface area contributed by atoms with E-state index in [-0.39, 0.29) is 23.8 Å². The lowest BCUT2D eigenvalue weighted by Gasteiger charge is -2.28. The van der Waals surface area contributed by atoms with Crippen molar-refractivity contribution in [1.82, 2.24) is 14.8 Å². The molecule has 1 fully saturated rings. The number of benzene rings is 3. The third-order valence-electron chi connectivity index (χ3n) is 5.69. The Morgan fingerprint density at radius 1 is 0.971 bits per heavy atom. The molecule has 3 aromatic carbocycles. The molecule has 5 rings (SSSR count). The minimum atomic E-state index is -0.214. The third-order valence-corrected chi connectivity index (χ3v) is 5.69. The molecule has 1 aliphatic heterocycles. The lowest BCUT2D eigenvalue weighted by molar-refractivity contribution is 0.122. The monoisotopic (exact) mass is 453 g/mol. The van der Waals surface area contributed by atoms with Crippen LogP contribution in [-0.4, -0.2) is 52.8 Å². The molecule has 2 heterocycles. The number of hydrogen-bond donors (Lipinski definition) is 1. The summed E-state index contributed by atoms with van der Waals surface area (Å²) in [5, 5.41) is 31.5. The van der Waals surface area contributed by atoms with Crippen molar-refractivity contribution in [2.24, 2.45) is 0 Å². The first-order valence-electron chi connectivity index (χ1n) is 11.0. The fourth-order valence-electron chi connectivity index (χ4n) is 4.00. The van der Waals surface area contributed by atoms with E-state index in [9.17, 15) is 10.4 Å². The number of aliphatic hydroxyl groups is 1. The van der Waals surface area contributed by atoms with Crippen LogP contribution in [0.5, 0.6) is 5.75 Å². The molecule has 0 bridgehead atoms. The van der Waals surface area contributed by atoms with Gasteiger partial charge in [-0.3, -0.25) is 4.57 Å². The van der Waals surface area contributed by atoms with Gasteiger partial charge in [-0.2, -0.15) is 5.26 Å². The summed E-state index contributed by atoms with van der Waals surface area (Å²) in [6, 6.07) is 25.2. The summed E-state index contributed by atoms with van der Waals surface area (Å²) in [6.07, 6.45) is 0. The number of ether oxygens (including phenoxy) is 2. The van der Waals surface area contributed by atoms with Gasteiger partial charge in [0.05, 0.1) is 18.9 Å². The molecule has 4 aromatic rings. The Bertz CT molecular complexity index is 1360. The first-order valence-corrected chi connectivity index (χ1v) is 11.0. The largest absolute Gasteiger partial charge is 0.507 e. The summed E-state index contributed by atoms with van der Waals surface area (Å²) in [5.74, 6) is 1.27. The van der Waals surface area contributed by atoms with Crippen LogP contribution in [0, 0.1) is 11.3 Å². The van der Waals surface area contributed by atoms with Crippen LogP contribution in [-0.2, 0) is 4.74 Å². The van der Waals surface area contributed by atoms with E-state index >= 15 is 0 Å². The van der Waals surface area contributed by atoms with E-state index in [1.54, 1.807) is 4.57 Å². The Hall–Kier alpha value is -4.35. The fraction of sp³-hybridized carbons (Fsp3) is 0.192. The highest BCUT2D eigenvalue weighted by molar-refractivity contribution is 5.88. The van der Waals surface area contributed by atoms with E-state index in [0.29, 0.717) is 38.0 Å². The second-order valence-electron chi connectivity index (χ2n) is 7.79. The van der Waals surface area contributed by atoms with E-state index in [2.05, 4.69) is 21.2 Å². The molecule has 0 aliphatic carbocycles. The lowest BCUT2D eigenvalue weighted by atomic mass is 10.1. The van der Waals surface area contributed by atoms with Gasteiger partial charge >= 0.3 is 0 Å². The molecule has 0 spiro atoms. The molecule has 0 amide bonds. The summed E-state index contributed by atoms with van der Waals surface area (Å²) >= 11 is 0. The maximum absolute atomic E-state index is 10.9. The predicted molar refractivity (Wildman–Crippen MR) is 129 cm³/mol. The summed E-state index contributed by atoms with van der Waals surface area (Å²) in [5.41, 5.74) is 0.801. The number of rotatable bonds is 6. The van der Waals surface area contributed by atoms with Crippen LogP contribution in [0.1, 0.15) is 5.82 Å². The molecule has 1 aliphatic rings. The Morgan fingerprint density at radius 2 is 1.71 bits per heavy atom. The quantitative estimate of drug-likeness (QED) is 0.346. The van der Waals surface area contributed by atoms with Gasteiger partial charge in [-0.1, -0.05) is 54.6 Å². The normalized spacial score (nSPS) is 14.5. The van der Waals surface area contributed by atoms with E-state index in [1.807, 2.05) is 72.8 Å². The number of hydrogen-bond acceptors (Lipinski definition) is 7. The number of nitriles is 1. The van der Waals surface area contributed by atoms with Crippen molar-refractivity contribution >= 4 is 22.3 Å². The van der Waals surface area contributed by atoms with Crippen LogP contribution in [0.4, 0.5) is 5.95 Å². The van der Waals surface area contributed by atoms with Crippen molar-refractivity contribution in [2.45, 2.75) is 0 Å². The van der Waals surface area contributed by atoms with Crippen LogP contribution in [0.25, 0.3) is 22.0 Å². The molecule has 1 N–H and O–H groups in total. The fourth-order valence-corrected chi connectivity index (χ4v) is 4.00. The molecule has 1 saturated heterocycles. The zero-order valence-corrected chi connectivity index (χ0v) is 18.5. The summed E-state index contributed by atoms with van der Waals surface area (Å²) < 4.78 is 13.2. The SMILES string of the molecule is N#CC(=C(O)COc1cccc2ccccc12)c1nnc(N2CCOCC2)n1-c1ccccc1.